The van der Waals surface area contributed by atoms with Gasteiger partial charge in [-0.25, -0.2) is 0 Å². The second kappa shape index (κ2) is 12.5. The second-order valence-corrected chi connectivity index (χ2v) is 15.7. The Bertz CT molecular complexity index is 2100. The predicted octanol–water partition coefficient (Wildman–Crippen LogP) is 6.55. The van der Waals surface area contributed by atoms with Gasteiger partial charge in [0.05, 0.1) is 33.7 Å². The van der Waals surface area contributed by atoms with Gasteiger partial charge >= 0.3 is 0 Å². The van der Waals surface area contributed by atoms with E-state index in [0.29, 0.717) is 13.1 Å². The van der Waals surface area contributed by atoms with Crippen molar-refractivity contribution in [3.05, 3.63) is 95.0 Å². The molecule has 0 radical (unpaired) electrons. The summed E-state index contributed by atoms with van der Waals surface area (Å²) in [7, 11) is -8.24. The normalized spacial score (nSPS) is 14.5. The highest BCUT2D eigenvalue weighted by atomic mass is 32.2. The van der Waals surface area contributed by atoms with Crippen LogP contribution >= 0.6 is 23.1 Å². The zero-order valence-corrected chi connectivity index (χ0v) is 26.7. The van der Waals surface area contributed by atoms with Gasteiger partial charge in [-0.1, -0.05) is 65.6 Å². The quantitative estimate of drug-likeness (QED) is 0.106. The van der Waals surface area contributed by atoms with Gasteiger partial charge < -0.3 is 10.2 Å². The predicted molar refractivity (Wildman–Crippen MR) is 179 cm³/mol. The third-order valence-electron chi connectivity index (χ3n) is 7.22. The molecule has 9 nitrogen and oxygen atoms in total. The molecule has 0 saturated carbocycles. The minimum absolute atomic E-state index is 0.220. The lowest BCUT2D eigenvalue weighted by molar-refractivity contribution is -0.667. The molecule has 44 heavy (non-hydrogen) atoms. The van der Waals surface area contributed by atoms with Crippen LogP contribution in [-0.4, -0.2) is 44.0 Å². The van der Waals surface area contributed by atoms with E-state index in [-0.39, 0.29) is 24.3 Å². The van der Waals surface area contributed by atoms with Gasteiger partial charge in [0.2, 0.25) is 5.52 Å². The van der Waals surface area contributed by atoms with Crippen molar-refractivity contribution in [3.63, 3.8) is 0 Å². The molecule has 228 valence electrons. The maximum absolute atomic E-state index is 11.5. The first-order chi connectivity index (χ1) is 21.0. The van der Waals surface area contributed by atoms with Crippen molar-refractivity contribution in [1.82, 2.24) is 0 Å². The molecule has 0 fully saturated rings. The van der Waals surface area contributed by atoms with E-state index in [0.717, 1.165) is 53.0 Å². The molecule has 0 atom stereocenters. The minimum Gasteiger partial charge on any atom is -0.355 e. The monoisotopic (exact) mass is 668 g/mol. The number of thiazole rings is 1. The lowest BCUT2D eigenvalue weighted by Crippen LogP contribution is -2.36. The van der Waals surface area contributed by atoms with Crippen LogP contribution < -0.4 is 14.8 Å². The number of benzene rings is 4. The lowest BCUT2D eigenvalue weighted by atomic mass is 10.1. The number of hydrogen-bond acceptors (Lipinski definition) is 8. The molecule has 1 aliphatic rings. The fourth-order valence-corrected chi connectivity index (χ4v) is 8.63. The standard InChI is InChI=1S/C31H29N3O6S4/c35-43(36,37)18-6-16-33-26-20-24(32-23-9-2-1-3-10-23)13-15-27(26)41-29(33)21-30-34(17-7-19-44(38,39)40)31-25-11-5-4-8-22(25)12-14-28(31)42-30/h1-5,8-15,20-21,32H,6-7,16-19H2,(H-,35,36,37,38,39,40)/p+1. The van der Waals surface area contributed by atoms with E-state index < -0.39 is 20.2 Å². The number of rotatable bonds is 11. The fraction of sp³-hybridized carbons (Fsp3) is 0.194. The summed E-state index contributed by atoms with van der Waals surface area (Å²) in [6.07, 6.45) is 2.50. The van der Waals surface area contributed by atoms with Gasteiger partial charge in [0.15, 0.2) is 6.54 Å². The first kappa shape index (κ1) is 30.6. The van der Waals surface area contributed by atoms with Crippen molar-refractivity contribution in [2.45, 2.75) is 24.3 Å². The molecule has 13 heteroatoms. The summed E-state index contributed by atoms with van der Waals surface area (Å²) in [5.41, 5.74) is 3.73. The number of para-hydroxylation sites is 1. The number of aryl methyl sites for hydroxylation is 1. The van der Waals surface area contributed by atoms with E-state index >= 15 is 0 Å². The largest absolute Gasteiger partial charge is 0.355 e. The molecule has 0 aliphatic carbocycles. The maximum atomic E-state index is 11.5. The average molecular weight is 669 g/mol. The summed E-state index contributed by atoms with van der Waals surface area (Å²) < 4.78 is 68.1. The molecule has 2 heterocycles. The van der Waals surface area contributed by atoms with Gasteiger partial charge in [0.1, 0.15) is 4.70 Å². The van der Waals surface area contributed by atoms with E-state index in [1.165, 1.54) is 0 Å². The highest BCUT2D eigenvalue weighted by molar-refractivity contribution is 8.04. The Morgan fingerprint density at radius 2 is 1.55 bits per heavy atom. The minimum atomic E-state index is -4.12. The number of anilines is 3. The lowest BCUT2D eigenvalue weighted by Gasteiger charge is -2.20. The highest BCUT2D eigenvalue weighted by Crippen LogP contribution is 2.48. The topological polar surface area (TPSA) is 128 Å². The van der Waals surface area contributed by atoms with Crippen LogP contribution in [-0.2, 0) is 26.8 Å². The zero-order chi connectivity index (χ0) is 30.9. The van der Waals surface area contributed by atoms with Gasteiger partial charge in [-0.2, -0.15) is 21.4 Å². The second-order valence-electron chi connectivity index (χ2n) is 10.4. The van der Waals surface area contributed by atoms with Crippen LogP contribution in [0.15, 0.2) is 94.9 Å². The van der Waals surface area contributed by atoms with Gasteiger partial charge in [0.25, 0.3) is 25.2 Å². The van der Waals surface area contributed by atoms with E-state index in [9.17, 15) is 25.9 Å². The third kappa shape index (κ3) is 7.09. The Hall–Kier alpha value is -3.46. The Morgan fingerprint density at radius 1 is 0.818 bits per heavy atom. The molecule has 4 aromatic carbocycles. The maximum Gasteiger partial charge on any atom is 0.265 e. The van der Waals surface area contributed by atoms with Gasteiger partial charge in [-0.05, 0) is 54.3 Å². The van der Waals surface area contributed by atoms with Crippen molar-refractivity contribution in [2.24, 2.45) is 0 Å². The summed E-state index contributed by atoms with van der Waals surface area (Å²) in [4.78, 5) is 3.07. The molecular formula is C31H30N3O6S4+. The number of nitrogens with one attached hydrogen (secondary N) is 1. The van der Waals surface area contributed by atoms with E-state index in [1.807, 2.05) is 72.8 Å². The molecule has 5 aromatic rings. The Balaban J connectivity index is 1.42. The first-order valence-electron chi connectivity index (χ1n) is 13.9. The number of hydrogen-bond donors (Lipinski definition) is 3. The van der Waals surface area contributed by atoms with Crippen LogP contribution in [0.25, 0.3) is 27.1 Å². The van der Waals surface area contributed by atoms with Crippen LogP contribution in [0.3, 0.4) is 0 Å². The molecular weight excluding hydrogens is 639 g/mol. The Labute approximate surface area is 264 Å². The third-order valence-corrected chi connectivity index (χ3v) is 11.0. The van der Waals surface area contributed by atoms with Crippen molar-refractivity contribution in [3.8, 4) is 0 Å². The average Bonchev–Trinajstić information content (AvgIpc) is 3.49. The molecule has 0 amide bonds. The van der Waals surface area contributed by atoms with Crippen LogP contribution in [0.5, 0.6) is 0 Å². The molecule has 0 spiro atoms. The van der Waals surface area contributed by atoms with E-state index in [2.05, 4.69) is 33.0 Å². The number of fused-ring (bicyclic) bond motifs is 4. The smallest absolute Gasteiger partial charge is 0.265 e. The van der Waals surface area contributed by atoms with E-state index in [4.69, 9.17) is 0 Å². The van der Waals surface area contributed by atoms with Crippen molar-refractivity contribution >= 4 is 87.5 Å². The zero-order valence-electron chi connectivity index (χ0n) is 23.5. The van der Waals surface area contributed by atoms with Crippen LogP contribution in [0, 0.1) is 0 Å². The molecule has 1 aliphatic heterocycles. The molecule has 0 bridgehead atoms. The van der Waals surface area contributed by atoms with Crippen LogP contribution in [0.2, 0.25) is 0 Å². The first-order valence-corrected chi connectivity index (χ1v) is 18.8. The van der Waals surface area contributed by atoms with Crippen molar-refractivity contribution < 1.29 is 30.5 Å². The summed E-state index contributed by atoms with van der Waals surface area (Å²) in [5, 5.41) is 7.30. The Kier molecular flexibility index (Phi) is 8.68. The summed E-state index contributed by atoms with van der Waals surface area (Å²) in [5.74, 6) is -0.708. The Morgan fingerprint density at radius 3 is 2.32 bits per heavy atom. The summed E-state index contributed by atoms with van der Waals surface area (Å²) in [6, 6.07) is 28.0. The van der Waals surface area contributed by atoms with Gasteiger partial charge in [-0.3, -0.25) is 9.11 Å². The SMILES string of the molecule is O=S(=O)(O)CCCN1C(=Cc2sc3ccc4ccccc4c3[n+]2CCCS(=O)(=O)O)Sc2ccc(Nc3ccccc3)cc21. The molecule has 3 N–H and O–H groups in total. The van der Waals surface area contributed by atoms with Crippen molar-refractivity contribution in [1.29, 1.82) is 0 Å². The van der Waals surface area contributed by atoms with Gasteiger partial charge in [0, 0.05) is 29.2 Å². The van der Waals surface area contributed by atoms with Gasteiger partial charge in [-0.15, -0.1) is 0 Å². The highest BCUT2D eigenvalue weighted by Gasteiger charge is 2.29. The molecule has 1 aromatic heterocycles. The number of aromatic nitrogens is 1. The summed E-state index contributed by atoms with van der Waals surface area (Å²) >= 11 is 3.15. The van der Waals surface area contributed by atoms with E-state index in [1.54, 1.807) is 23.1 Å². The number of thioether (sulfide) groups is 1. The molecule has 0 unspecified atom stereocenters. The van der Waals surface area contributed by atoms with Crippen LogP contribution in [0.1, 0.15) is 17.8 Å². The number of nitrogens with zero attached hydrogens (tertiary/aromatic N) is 2. The van der Waals surface area contributed by atoms with Crippen molar-refractivity contribution in [2.75, 3.05) is 28.3 Å². The summed E-state index contributed by atoms with van der Waals surface area (Å²) in [6.45, 7) is 0.732. The molecule has 0 saturated heterocycles. The fourth-order valence-electron chi connectivity index (χ4n) is 5.32. The molecule has 6 rings (SSSR count). The van der Waals surface area contributed by atoms with Crippen LogP contribution in [0.4, 0.5) is 17.1 Å².